The van der Waals surface area contributed by atoms with Gasteiger partial charge in [-0.1, -0.05) is 364 Å². The lowest BCUT2D eigenvalue weighted by Gasteiger charge is -2.26. The lowest BCUT2D eigenvalue weighted by atomic mass is 10.1. The van der Waals surface area contributed by atoms with Crippen molar-refractivity contribution in [2.45, 2.75) is 0 Å². The molecule has 0 N–H and O–H groups in total. The molecule has 0 unspecified atom stereocenters. The minimum atomic E-state index is 1.05. The number of hydrogen-bond acceptors (Lipinski definition) is 6. The van der Waals surface area contributed by atoms with Gasteiger partial charge in [-0.2, -0.15) is 0 Å². The van der Waals surface area contributed by atoms with Gasteiger partial charge in [0.05, 0.1) is 0 Å². The van der Waals surface area contributed by atoms with Crippen molar-refractivity contribution in [2.75, 3.05) is 29.4 Å². The second-order valence-electron chi connectivity index (χ2n) is 32.3. The molecule has 0 aliphatic carbocycles. The van der Waals surface area contributed by atoms with E-state index in [2.05, 4.69) is 612 Å². The summed E-state index contributed by atoms with van der Waals surface area (Å²) in [5.41, 5.74) is 32.9. The summed E-state index contributed by atoms with van der Waals surface area (Å²) >= 11 is 0. The van der Waals surface area contributed by atoms with Gasteiger partial charge in [-0.15, -0.1) is 0 Å². The van der Waals surface area contributed by atoms with Gasteiger partial charge in [-0.3, -0.25) is 0 Å². The molecule has 0 aliphatic heterocycles. The smallest absolute Gasteiger partial charge is 0.0462 e. The summed E-state index contributed by atoms with van der Waals surface area (Å²) in [6, 6.07) is 181. The van der Waals surface area contributed by atoms with Crippen molar-refractivity contribution in [3.05, 3.63) is 576 Å². The van der Waals surface area contributed by atoms with Gasteiger partial charge in [0.25, 0.3) is 0 Å². The van der Waals surface area contributed by atoms with E-state index in [0.29, 0.717) is 0 Å². The molecule has 132 heavy (non-hydrogen) atoms. The predicted octanol–water partition coefficient (Wildman–Crippen LogP) is 35.5. The van der Waals surface area contributed by atoms with Gasteiger partial charge in [0.1, 0.15) is 0 Å². The molecule has 19 aromatic rings. The first-order valence-corrected chi connectivity index (χ1v) is 44.8. The van der Waals surface area contributed by atoms with Crippen LogP contribution in [-0.2, 0) is 0 Å². The van der Waals surface area contributed by atoms with Gasteiger partial charge < -0.3 is 29.4 Å². The molecule has 0 amide bonds. The molecule has 6 heteroatoms. The molecule has 0 atom stereocenters. The third kappa shape index (κ3) is 20.9. The van der Waals surface area contributed by atoms with Crippen molar-refractivity contribution >= 4 is 175 Å². The molecular formula is C126H96N6. The minimum Gasteiger partial charge on any atom is -0.311 e. The van der Waals surface area contributed by atoms with Crippen molar-refractivity contribution in [1.82, 2.24) is 0 Å². The third-order valence-corrected chi connectivity index (χ3v) is 23.4. The van der Waals surface area contributed by atoms with E-state index < -0.39 is 0 Å². The largest absolute Gasteiger partial charge is 0.311 e. The van der Waals surface area contributed by atoms with E-state index in [1.54, 1.807) is 0 Å². The van der Waals surface area contributed by atoms with Crippen LogP contribution < -0.4 is 29.4 Å². The average Bonchev–Trinajstić information content (AvgIpc) is 0.817. The van der Waals surface area contributed by atoms with Crippen LogP contribution in [0.4, 0.5) is 102 Å². The molecule has 6 nitrogen and oxygen atoms in total. The molecule has 0 bridgehead atoms. The highest BCUT2D eigenvalue weighted by molar-refractivity contribution is 5.88. The van der Waals surface area contributed by atoms with Crippen molar-refractivity contribution < 1.29 is 0 Å². The molecule has 0 heterocycles. The van der Waals surface area contributed by atoms with Crippen LogP contribution in [0.3, 0.4) is 0 Å². The number of benzene rings is 19. The molecule has 0 saturated carbocycles. The van der Waals surface area contributed by atoms with Crippen LogP contribution in [0.25, 0.3) is 72.9 Å². The fraction of sp³-hybridized carbons (Fsp3) is 0. The Bertz CT molecular complexity index is 6130. The van der Waals surface area contributed by atoms with E-state index in [1.165, 1.54) is 0 Å². The Labute approximate surface area is 775 Å². The fourth-order valence-electron chi connectivity index (χ4n) is 16.5. The first-order valence-electron chi connectivity index (χ1n) is 44.8. The molecular weight excluding hydrogens is 1600 g/mol. The van der Waals surface area contributed by atoms with Crippen molar-refractivity contribution in [2.24, 2.45) is 0 Å². The summed E-state index contributed by atoms with van der Waals surface area (Å²) < 4.78 is 0. The van der Waals surface area contributed by atoms with E-state index in [0.717, 1.165) is 169 Å². The average molecular weight is 1690 g/mol. The first kappa shape index (κ1) is 83.9. The Kier molecular flexibility index (Phi) is 26.2. The zero-order valence-corrected chi connectivity index (χ0v) is 73.1. The van der Waals surface area contributed by atoms with E-state index in [1.807, 2.05) is 0 Å². The van der Waals surface area contributed by atoms with Gasteiger partial charge >= 0.3 is 0 Å². The number of rotatable bonds is 30. The summed E-state index contributed by atoms with van der Waals surface area (Å²) in [4.78, 5) is 13.8. The molecule has 19 aromatic carbocycles. The molecule has 0 aliphatic rings. The fourth-order valence-corrected chi connectivity index (χ4v) is 16.5. The lowest BCUT2D eigenvalue weighted by molar-refractivity contribution is 1.28. The van der Waals surface area contributed by atoms with Crippen LogP contribution in [0, 0.1) is 0 Å². The van der Waals surface area contributed by atoms with Gasteiger partial charge in [-0.05, 0) is 285 Å². The van der Waals surface area contributed by atoms with Crippen LogP contribution >= 0.6 is 0 Å². The maximum absolute atomic E-state index is 2.33. The summed E-state index contributed by atoms with van der Waals surface area (Å²) in [6.45, 7) is 0. The van der Waals surface area contributed by atoms with Gasteiger partial charge in [-0.25, -0.2) is 0 Å². The topological polar surface area (TPSA) is 19.4 Å². The van der Waals surface area contributed by atoms with E-state index in [4.69, 9.17) is 0 Å². The highest BCUT2D eigenvalue weighted by Gasteiger charge is 2.20. The quantitative estimate of drug-likeness (QED) is 0.0415. The third-order valence-electron chi connectivity index (χ3n) is 23.4. The normalized spacial score (nSPS) is 11.5. The molecule has 0 radical (unpaired) electrons. The summed E-state index contributed by atoms with van der Waals surface area (Å²) in [7, 11) is 0. The van der Waals surface area contributed by atoms with Crippen LogP contribution in [0.1, 0.15) is 66.8 Å². The van der Waals surface area contributed by atoms with Crippen molar-refractivity contribution in [1.29, 1.82) is 0 Å². The standard InChI is InChI=1S/C126H96N6/c1-9-25-109(26-10-1)127(110-27-11-2-12-28-110)117-77-57-101(58-78-117)49-53-105-69-89-123(90-70-105)131(124-91-71-106(72-92-124)54-50-102-59-79-118(80-60-102)128(111-29-13-3-14-30-111)112-31-15-4-16-32-112)121-85-65-99(66-86-121)47-45-97-41-43-98(44-42-97)46-48-100-67-87-122(88-68-100)132(125-93-73-107(74-94-125)55-51-103-61-81-119(82-62-103)129(113-33-17-5-18-34-113)114-35-19-6-20-36-114)126-95-75-108(76-96-126)56-52-104-63-83-120(84-64-104)130(115-37-21-7-22-38-115)116-39-23-8-24-40-116/h1-96H/b47-45+,48-46+,53-49+,54-50+,55-51+,56-52+. The van der Waals surface area contributed by atoms with E-state index in [-0.39, 0.29) is 0 Å². The number of nitrogens with zero attached hydrogens (tertiary/aromatic N) is 6. The lowest BCUT2D eigenvalue weighted by Crippen LogP contribution is -2.09. The molecule has 0 spiro atoms. The van der Waals surface area contributed by atoms with Crippen molar-refractivity contribution in [3.8, 4) is 0 Å². The molecule has 630 valence electrons. The predicted molar refractivity (Wildman–Crippen MR) is 567 cm³/mol. The van der Waals surface area contributed by atoms with Crippen LogP contribution in [0.2, 0.25) is 0 Å². The maximum Gasteiger partial charge on any atom is 0.0462 e. The number of anilines is 18. The molecule has 0 aromatic heterocycles. The van der Waals surface area contributed by atoms with Gasteiger partial charge in [0.2, 0.25) is 0 Å². The first-order chi connectivity index (χ1) is 65.4. The summed E-state index contributed by atoms with van der Waals surface area (Å²) in [5, 5.41) is 0. The molecule has 0 saturated heterocycles. The monoisotopic (exact) mass is 1690 g/mol. The summed E-state index contributed by atoms with van der Waals surface area (Å²) in [5.74, 6) is 0. The van der Waals surface area contributed by atoms with Crippen LogP contribution in [0.5, 0.6) is 0 Å². The minimum absolute atomic E-state index is 1.05. The Hall–Kier alpha value is -17.6. The zero-order chi connectivity index (χ0) is 88.7. The Morgan fingerprint density at radius 3 is 0.227 bits per heavy atom. The number of hydrogen-bond donors (Lipinski definition) is 0. The Balaban J connectivity index is 0.540. The highest BCUT2D eigenvalue weighted by atomic mass is 15.2. The number of para-hydroxylation sites is 8. The molecule has 19 rings (SSSR count). The van der Waals surface area contributed by atoms with E-state index in [9.17, 15) is 0 Å². The summed E-state index contributed by atoms with van der Waals surface area (Å²) in [6.07, 6.45) is 26.3. The zero-order valence-electron chi connectivity index (χ0n) is 73.1. The maximum atomic E-state index is 2.33. The molecule has 0 fully saturated rings. The van der Waals surface area contributed by atoms with Gasteiger partial charge in [0.15, 0.2) is 0 Å². The Morgan fingerprint density at radius 1 is 0.0758 bits per heavy atom. The van der Waals surface area contributed by atoms with Crippen molar-refractivity contribution in [3.63, 3.8) is 0 Å². The highest BCUT2D eigenvalue weighted by Crippen LogP contribution is 2.43. The van der Waals surface area contributed by atoms with Crippen LogP contribution in [0.15, 0.2) is 510 Å². The van der Waals surface area contributed by atoms with Crippen LogP contribution in [-0.4, -0.2) is 0 Å². The SMILES string of the molecule is C(=C\c1ccc(N(c2ccc(/C=C/c3ccc(N(c4ccccc4)c4ccccc4)cc3)cc2)c2ccc(/C=C/c3ccc(N(c4ccccc4)c4ccccc4)cc3)cc2)cc1)/c1ccc(/C=C/c2ccc(N(c3ccc(/C=C/c4ccc(N(c5ccccc5)c5ccccc5)cc4)cc3)c3ccc(/C=C/c4ccc(N(c5ccccc5)c5ccccc5)cc4)cc3)cc2)cc1. The second kappa shape index (κ2) is 41.2. The van der Waals surface area contributed by atoms with Gasteiger partial charge in [0, 0.05) is 102 Å². The second-order valence-corrected chi connectivity index (χ2v) is 32.3. The van der Waals surface area contributed by atoms with E-state index >= 15 is 0 Å². The Morgan fingerprint density at radius 2 is 0.144 bits per heavy atom.